The predicted molar refractivity (Wildman–Crippen MR) is 118 cm³/mol. The van der Waals surface area contributed by atoms with Crippen LogP contribution in [0.4, 0.5) is 4.79 Å². The van der Waals surface area contributed by atoms with Crippen LogP contribution in [-0.2, 0) is 16.0 Å². The second-order valence-corrected chi connectivity index (χ2v) is 9.01. The summed E-state index contributed by atoms with van der Waals surface area (Å²) in [7, 11) is 0. The highest BCUT2D eigenvalue weighted by Gasteiger charge is 2.57. The van der Waals surface area contributed by atoms with Gasteiger partial charge in [-0.1, -0.05) is 42.5 Å². The van der Waals surface area contributed by atoms with Gasteiger partial charge in [0.25, 0.3) is 5.91 Å². The number of nitrogens with zero attached hydrogens (tertiary/aromatic N) is 3. The monoisotopic (exact) mass is 424 g/mol. The number of hydrogen-bond acceptors (Lipinski definition) is 4. The topological polar surface area (TPSA) is 86.9 Å². The largest absolute Gasteiger partial charge is 0.368 e. The van der Waals surface area contributed by atoms with E-state index in [0.717, 1.165) is 42.9 Å². The van der Waals surface area contributed by atoms with Crippen molar-refractivity contribution in [3.8, 4) is 0 Å². The predicted octanol–water partition coefficient (Wildman–Crippen LogP) is 2.17. The van der Waals surface area contributed by atoms with E-state index in [9.17, 15) is 14.4 Å². The average Bonchev–Trinajstić information content (AvgIpc) is 2.96. The van der Waals surface area contributed by atoms with Crippen LogP contribution in [0.2, 0.25) is 0 Å². The molecule has 1 aromatic carbocycles. The fraction of sp³-hybridized carbons (Fsp3) is 0.542. The summed E-state index contributed by atoms with van der Waals surface area (Å²) < 4.78 is 0. The van der Waals surface area contributed by atoms with Gasteiger partial charge in [0.2, 0.25) is 5.91 Å². The summed E-state index contributed by atoms with van der Waals surface area (Å²) in [5.41, 5.74) is 5.60. The van der Waals surface area contributed by atoms with Crippen LogP contribution in [0.3, 0.4) is 0 Å². The molecule has 0 aromatic heterocycles. The van der Waals surface area contributed by atoms with E-state index in [4.69, 9.17) is 5.73 Å². The van der Waals surface area contributed by atoms with E-state index < -0.39 is 11.4 Å². The quantitative estimate of drug-likeness (QED) is 0.537. The van der Waals surface area contributed by atoms with Gasteiger partial charge in [-0.05, 0) is 50.0 Å². The number of primary amides is 1. The first-order valence-corrected chi connectivity index (χ1v) is 11.3. The van der Waals surface area contributed by atoms with Crippen LogP contribution < -0.4 is 5.73 Å². The lowest BCUT2D eigenvalue weighted by Gasteiger charge is -2.43. The lowest BCUT2D eigenvalue weighted by atomic mass is 9.84. The van der Waals surface area contributed by atoms with Crippen LogP contribution in [0, 0.1) is 5.92 Å². The molecule has 2 N–H and O–H groups in total. The second kappa shape index (κ2) is 9.22. The van der Waals surface area contributed by atoms with Crippen molar-refractivity contribution in [3.63, 3.8) is 0 Å². The zero-order valence-electron chi connectivity index (χ0n) is 18.0. The van der Waals surface area contributed by atoms with Crippen LogP contribution >= 0.6 is 0 Å². The van der Waals surface area contributed by atoms with Gasteiger partial charge in [0.15, 0.2) is 0 Å². The van der Waals surface area contributed by atoms with Gasteiger partial charge in [-0.25, -0.2) is 4.79 Å². The molecule has 2 fully saturated rings. The van der Waals surface area contributed by atoms with E-state index in [2.05, 4.69) is 17.1 Å². The number of nitrogens with two attached hydrogens (primary N) is 1. The van der Waals surface area contributed by atoms with Crippen LogP contribution in [0.5, 0.6) is 0 Å². The third-order valence-corrected chi connectivity index (χ3v) is 6.98. The van der Waals surface area contributed by atoms with Gasteiger partial charge in [-0.2, -0.15) is 0 Å². The zero-order valence-corrected chi connectivity index (χ0v) is 18.0. The maximum absolute atomic E-state index is 13.4. The zero-order chi connectivity index (χ0) is 21.8. The van der Waals surface area contributed by atoms with Crippen molar-refractivity contribution in [3.05, 3.63) is 48.0 Å². The normalized spacial score (nSPS) is 23.7. The lowest BCUT2D eigenvalue weighted by Crippen LogP contribution is -2.57. The summed E-state index contributed by atoms with van der Waals surface area (Å²) in [5, 5.41) is 0. The molecule has 1 unspecified atom stereocenters. The highest BCUT2D eigenvalue weighted by molar-refractivity contribution is 6.09. The number of hydrogen-bond donors (Lipinski definition) is 1. The third-order valence-electron chi connectivity index (χ3n) is 6.98. The maximum Gasteiger partial charge on any atom is 0.328 e. The molecular weight excluding hydrogens is 392 g/mol. The van der Waals surface area contributed by atoms with Crippen molar-refractivity contribution in [2.24, 2.45) is 11.7 Å². The molecule has 166 valence electrons. The molecule has 2 saturated heterocycles. The minimum absolute atomic E-state index is 0.260. The molecule has 1 atom stereocenters. The molecule has 3 aliphatic rings. The smallest absolute Gasteiger partial charge is 0.328 e. The fourth-order valence-electron chi connectivity index (χ4n) is 5.25. The molecule has 2 heterocycles. The molecule has 7 heteroatoms. The first kappa shape index (κ1) is 21.6. The molecule has 7 nitrogen and oxygen atoms in total. The average molecular weight is 425 g/mol. The molecule has 1 spiro atoms. The first-order valence-electron chi connectivity index (χ1n) is 11.3. The molecule has 0 bridgehead atoms. The van der Waals surface area contributed by atoms with Crippen LogP contribution in [-0.4, -0.2) is 70.8 Å². The van der Waals surface area contributed by atoms with E-state index in [1.54, 1.807) is 4.90 Å². The molecular formula is C24H32N4O3. The van der Waals surface area contributed by atoms with Crippen molar-refractivity contribution in [1.29, 1.82) is 0 Å². The standard InChI is InChI=1S/C24H32N4O3/c25-21(29)18-27-22(30)24(28(23(27)31)14-11-19-7-3-1-4-8-19)12-15-26(16-13-24)17-20-9-5-2-6-10-20/h1-5,7-8,20H,6,9-18H2,(H2,25,29). The number of rotatable bonds is 7. The Balaban J connectivity index is 1.48. The van der Waals surface area contributed by atoms with E-state index in [-0.39, 0.29) is 18.5 Å². The van der Waals surface area contributed by atoms with Crippen molar-refractivity contribution in [1.82, 2.24) is 14.7 Å². The highest BCUT2D eigenvalue weighted by atomic mass is 16.2. The first-order chi connectivity index (χ1) is 15.0. The number of piperidine rings is 1. The van der Waals surface area contributed by atoms with Crippen molar-refractivity contribution < 1.29 is 14.4 Å². The molecule has 0 saturated carbocycles. The summed E-state index contributed by atoms with van der Waals surface area (Å²) in [6.07, 6.45) is 9.87. The van der Waals surface area contributed by atoms with Crippen LogP contribution in [0.15, 0.2) is 42.5 Å². The third kappa shape index (κ3) is 4.51. The minimum Gasteiger partial charge on any atom is -0.368 e. The molecule has 1 aromatic rings. The molecule has 2 aliphatic heterocycles. The number of carbonyl (C=O) groups is 3. The van der Waals surface area contributed by atoms with E-state index in [1.165, 1.54) is 6.42 Å². The SMILES string of the molecule is NC(=O)CN1C(=O)N(CCc2ccccc2)C2(CCN(CC3CC=CCC3)CC2)C1=O. The Bertz CT molecular complexity index is 846. The Morgan fingerprint density at radius 1 is 1.10 bits per heavy atom. The number of imide groups is 1. The Kier molecular flexibility index (Phi) is 6.41. The summed E-state index contributed by atoms with van der Waals surface area (Å²) >= 11 is 0. The van der Waals surface area contributed by atoms with Gasteiger partial charge in [0, 0.05) is 26.2 Å². The Morgan fingerprint density at radius 2 is 1.84 bits per heavy atom. The van der Waals surface area contributed by atoms with Crippen LogP contribution in [0.25, 0.3) is 0 Å². The summed E-state index contributed by atoms with van der Waals surface area (Å²) in [6, 6.07) is 9.57. The van der Waals surface area contributed by atoms with Gasteiger partial charge in [0.05, 0.1) is 0 Å². The van der Waals surface area contributed by atoms with Crippen LogP contribution in [0.1, 0.15) is 37.7 Å². The number of benzene rings is 1. The number of likely N-dealkylation sites (tertiary alicyclic amines) is 1. The molecule has 31 heavy (non-hydrogen) atoms. The van der Waals surface area contributed by atoms with Gasteiger partial charge < -0.3 is 15.5 Å². The maximum atomic E-state index is 13.4. The van der Waals surface area contributed by atoms with Crippen molar-refractivity contribution in [2.75, 3.05) is 32.7 Å². The molecule has 0 radical (unpaired) electrons. The fourth-order valence-corrected chi connectivity index (χ4v) is 5.25. The second-order valence-electron chi connectivity index (χ2n) is 9.01. The molecule has 4 rings (SSSR count). The Hall–Kier alpha value is -2.67. The number of urea groups is 1. The van der Waals surface area contributed by atoms with E-state index in [0.29, 0.717) is 31.7 Å². The number of carbonyl (C=O) groups excluding carboxylic acids is 3. The summed E-state index contributed by atoms with van der Waals surface area (Å²) in [6.45, 7) is 2.71. The Labute approximate surface area is 183 Å². The number of allylic oxidation sites excluding steroid dienone is 2. The van der Waals surface area contributed by atoms with Crippen molar-refractivity contribution >= 4 is 17.8 Å². The lowest BCUT2D eigenvalue weighted by molar-refractivity contribution is -0.137. The number of amides is 4. The van der Waals surface area contributed by atoms with Gasteiger partial charge >= 0.3 is 6.03 Å². The van der Waals surface area contributed by atoms with E-state index in [1.807, 2.05) is 30.3 Å². The molecule has 1 aliphatic carbocycles. The van der Waals surface area contributed by atoms with Gasteiger partial charge in [-0.15, -0.1) is 0 Å². The van der Waals surface area contributed by atoms with Gasteiger partial charge in [-0.3, -0.25) is 14.5 Å². The Morgan fingerprint density at radius 3 is 2.48 bits per heavy atom. The summed E-state index contributed by atoms with van der Waals surface area (Å²) in [4.78, 5) is 43.3. The minimum atomic E-state index is -0.857. The van der Waals surface area contributed by atoms with Gasteiger partial charge in [0.1, 0.15) is 12.1 Å². The summed E-state index contributed by atoms with van der Waals surface area (Å²) in [5.74, 6) is -0.255. The van der Waals surface area contributed by atoms with E-state index >= 15 is 0 Å². The highest BCUT2D eigenvalue weighted by Crippen LogP contribution is 2.38. The van der Waals surface area contributed by atoms with Crippen molar-refractivity contribution in [2.45, 2.75) is 44.1 Å². The molecule has 4 amide bonds.